The zero-order valence-corrected chi connectivity index (χ0v) is 9.22. The van der Waals surface area contributed by atoms with E-state index < -0.39 is 10.0 Å². The smallest absolute Gasteiger partial charge is 0.213 e. The lowest BCUT2D eigenvalue weighted by Crippen LogP contribution is -2.29. The SMILES string of the molecule is O=S(=O)(CCO)NCCC1CCCC1. The fourth-order valence-corrected chi connectivity index (χ4v) is 2.72. The second-order valence-electron chi connectivity index (χ2n) is 3.88. The van der Waals surface area contributed by atoms with E-state index in [4.69, 9.17) is 5.11 Å². The minimum Gasteiger partial charge on any atom is -0.395 e. The summed E-state index contributed by atoms with van der Waals surface area (Å²) in [6, 6.07) is 0. The van der Waals surface area contributed by atoms with Crippen LogP contribution in [0.2, 0.25) is 0 Å². The average Bonchev–Trinajstić information content (AvgIpc) is 2.56. The van der Waals surface area contributed by atoms with Crippen molar-refractivity contribution < 1.29 is 13.5 Å². The van der Waals surface area contributed by atoms with Gasteiger partial charge in [-0.2, -0.15) is 0 Å². The van der Waals surface area contributed by atoms with Gasteiger partial charge in [-0.15, -0.1) is 0 Å². The zero-order chi connectivity index (χ0) is 10.4. The maximum absolute atomic E-state index is 11.1. The molecule has 1 fully saturated rings. The molecule has 0 aromatic carbocycles. The van der Waals surface area contributed by atoms with Crippen molar-refractivity contribution in [3.63, 3.8) is 0 Å². The van der Waals surface area contributed by atoms with Gasteiger partial charge in [-0.05, 0) is 12.3 Å². The molecule has 0 spiro atoms. The van der Waals surface area contributed by atoms with Gasteiger partial charge in [0.25, 0.3) is 0 Å². The molecule has 1 saturated carbocycles. The molecule has 0 bridgehead atoms. The molecule has 0 aromatic rings. The van der Waals surface area contributed by atoms with Gasteiger partial charge < -0.3 is 5.11 Å². The second-order valence-corrected chi connectivity index (χ2v) is 5.80. The minimum atomic E-state index is -3.22. The van der Waals surface area contributed by atoms with Gasteiger partial charge >= 0.3 is 0 Å². The topological polar surface area (TPSA) is 66.4 Å². The van der Waals surface area contributed by atoms with Crippen LogP contribution in [0.3, 0.4) is 0 Å². The van der Waals surface area contributed by atoms with Gasteiger partial charge in [0.05, 0.1) is 12.4 Å². The van der Waals surface area contributed by atoms with Gasteiger partial charge in [0, 0.05) is 6.54 Å². The third kappa shape index (κ3) is 4.39. The third-order valence-corrected chi connectivity index (χ3v) is 4.07. The van der Waals surface area contributed by atoms with Crippen LogP contribution in [0.4, 0.5) is 0 Å². The van der Waals surface area contributed by atoms with Crippen LogP contribution in [0.25, 0.3) is 0 Å². The molecule has 0 amide bonds. The van der Waals surface area contributed by atoms with E-state index in [9.17, 15) is 8.42 Å². The maximum Gasteiger partial charge on any atom is 0.213 e. The summed E-state index contributed by atoms with van der Waals surface area (Å²) in [4.78, 5) is 0. The first-order valence-electron chi connectivity index (χ1n) is 5.22. The molecule has 0 aromatic heterocycles. The van der Waals surface area contributed by atoms with Crippen molar-refractivity contribution in [3.8, 4) is 0 Å². The summed E-state index contributed by atoms with van der Waals surface area (Å²) in [6.45, 7) is 0.214. The predicted octanol–water partition coefficient (Wildman–Crippen LogP) is 0.478. The average molecular weight is 221 g/mol. The van der Waals surface area contributed by atoms with Crippen LogP contribution in [0.5, 0.6) is 0 Å². The Morgan fingerprint density at radius 3 is 2.50 bits per heavy atom. The largest absolute Gasteiger partial charge is 0.395 e. The first-order chi connectivity index (χ1) is 6.64. The summed E-state index contributed by atoms with van der Waals surface area (Å²) in [7, 11) is -3.22. The van der Waals surface area contributed by atoms with Gasteiger partial charge in [-0.3, -0.25) is 0 Å². The molecule has 0 heterocycles. The van der Waals surface area contributed by atoms with Gasteiger partial charge in [0.2, 0.25) is 10.0 Å². The molecule has 84 valence electrons. The Balaban J connectivity index is 2.13. The molecule has 2 N–H and O–H groups in total. The standard InChI is InChI=1S/C9H19NO3S/c11-7-8-14(12,13)10-6-5-9-3-1-2-4-9/h9-11H,1-8H2. The molecular formula is C9H19NO3S. The van der Waals surface area contributed by atoms with Crippen LogP contribution >= 0.6 is 0 Å². The minimum absolute atomic E-state index is 0.183. The number of hydrogen-bond donors (Lipinski definition) is 2. The highest BCUT2D eigenvalue weighted by atomic mass is 32.2. The van der Waals surface area contributed by atoms with Crippen LogP contribution in [-0.4, -0.2) is 32.4 Å². The molecule has 4 nitrogen and oxygen atoms in total. The van der Waals surface area contributed by atoms with Gasteiger partial charge in [-0.25, -0.2) is 13.1 Å². The molecule has 1 aliphatic rings. The third-order valence-electron chi connectivity index (χ3n) is 2.71. The Labute approximate surface area is 85.8 Å². The predicted molar refractivity (Wildman–Crippen MR) is 55.5 cm³/mol. The summed E-state index contributed by atoms with van der Waals surface area (Å²) in [5, 5.41) is 8.49. The van der Waals surface area contributed by atoms with Crippen molar-refractivity contribution in [2.75, 3.05) is 18.9 Å². The summed E-state index contributed by atoms with van der Waals surface area (Å²) in [5.74, 6) is 0.518. The summed E-state index contributed by atoms with van der Waals surface area (Å²) in [5.41, 5.74) is 0. The van der Waals surface area contributed by atoms with Crippen molar-refractivity contribution in [1.82, 2.24) is 4.72 Å². The first kappa shape index (κ1) is 11.9. The van der Waals surface area contributed by atoms with Crippen LogP contribution in [0, 0.1) is 5.92 Å². The molecule has 0 unspecified atom stereocenters. The molecule has 0 radical (unpaired) electrons. The van der Waals surface area contributed by atoms with E-state index in [0.29, 0.717) is 12.5 Å². The zero-order valence-electron chi connectivity index (χ0n) is 8.41. The number of rotatable bonds is 6. The van der Waals surface area contributed by atoms with E-state index in [1.807, 2.05) is 0 Å². The molecular weight excluding hydrogens is 202 g/mol. The van der Waals surface area contributed by atoms with Crippen LogP contribution in [0.15, 0.2) is 0 Å². The fraction of sp³-hybridized carbons (Fsp3) is 1.00. The van der Waals surface area contributed by atoms with Gasteiger partial charge in [0.1, 0.15) is 0 Å². The van der Waals surface area contributed by atoms with Crippen molar-refractivity contribution >= 4 is 10.0 Å². The Morgan fingerprint density at radius 1 is 1.29 bits per heavy atom. The second kappa shape index (κ2) is 5.68. The normalized spacial score (nSPS) is 18.9. The number of sulfonamides is 1. The molecule has 0 saturated heterocycles. The lowest BCUT2D eigenvalue weighted by atomic mass is 10.1. The summed E-state index contributed by atoms with van der Waals surface area (Å²) in [6.07, 6.45) is 5.98. The Morgan fingerprint density at radius 2 is 1.93 bits per heavy atom. The molecule has 0 aliphatic heterocycles. The van der Waals surface area contributed by atoms with Crippen LogP contribution in [-0.2, 0) is 10.0 Å². The van der Waals surface area contributed by atoms with Crippen molar-refractivity contribution in [1.29, 1.82) is 0 Å². The number of nitrogens with one attached hydrogen (secondary N) is 1. The molecule has 1 rings (SSSR count). The number of aliphatic hydroxyl groups is 1. The number of aliphatic hydroxyl groups excluding tert-OH is 1. The maximum atomic E-state index is 11.1. The molecule has 5 heteroatoms. The fourth-order valence-electron chi connectivity index (χ4n) is 1.91. The lowest BCUT2D eigenvalue weighted by Gasteiger charge is -2.09. The number of hydrogen-bond acceptors (Lipinski definition) is 3. The van der Waals surface area contributed by atoms with E-state index in [0.717, 1.165) is 6.42 Å². The Hall–Kier alpha value is -0.130. The summed E-state index contributed by atoms with van der Waals surface area (Å²) >= 11 is 0. The monoisotopic (exact) mass is 221 g/mol. The Bertz CT molecular complexity index is 245. The lowest BCUT2D eigenvalue weighted by molar-refractivity contribution is 0.319. The van der Waals surface area contributed by atoms with E-state index in [1.54, 1.807) is 0 Å². The quantitative estimate of drug-likeness (QED) is 0.685. The highest BCUT2D eigenvalue weighted by Gasteiger charge is 2.15. The van der Waals surface area contributed by atoms with Crippen molar-refractivity contribution in [2.24, 2.45) is 5.92 Å². The summed E-state index contributed by atoms with van der Waals surface area (Å²) < 4.78 is 24.8. The molecule has 0 atom stereocenters. The molecule has 14 heavy (non-hydrogen) atoms. The van der Waals surface area contributed by atoms with Gasteiger partial charge in [0.15, 0.2) is 0 Å². The molecule has 1 aliphatic carbocycles. The highest BCUT2D eigenvalue weighted by Crippen LogP contribution is 2.26. The van der Waals surface area contributed by atoms with Crippen LogP contribution < -0.4 is 4.72 Å². The van der Waals surface area contributed by atoms with Gasteiger partial charge in [-0.1, -0.05) is 25.7 Å². The van der Waals surface area contributed by atoms with Crippen molar-refractivity contribution in [2.45, 2.75) is 32.1 Å². The van der Waals surface area contributed by atoms with E-state index in [2.05, 4.69) is 4.72 Å². The highest BCUT2D eigenvalue weighted by molar-refractivity contribution is 7.89. The Kier molecular flexibility index (Phi) is 4.84. The van der Waals surface area contributed by atoms with E-state index in [-0.39, 0.29) is 12.4 Å². The van der Waals surface area contributed by atoms with E-state index in [1.165, 1.54) is 25.7 Å². The van der Waals surface area contributed by atoms with E-state index >= 15 is 0 Å². The van der Waals surface area contributed by atoms with Crippen molar-refractivity contribution in [3.05, 3.63) is 0 Å². The van der Waals surface area contributed by atoms with Crippen LogP contribution in [0.1, 0.15) is 32.1 Å². The first-order valence-corrected chi connectivity index (χ1v) is 6.87.